The van der Waals surface area contributed by atoms with Crippen molar-refractivity contribution in [1.82, 2.24) is 15.2 Å². The van der Waals surface area contributed by atoms with Crippen molar-refractivity contribution in [2.75, 3.05) is 19.7 Å². The van der Waals surface area contributed by atoms with Crippen molar-refractivity contribution in [2.24, 2.45) is 5.73 Å². The molecule has 28 heavy (non-hydrogen) atoms. The third kappa shape index (κ3) is 5.15. The van der Waals surface area contributed by atoms with Gasteiger partial charge in [-0.3, -0.25) is 19.5 Å². The van der Waals surface area contributed by atoms with E-state index in [2.05, 4.69) is 27.3 Å². The first kappa shape index (κ1) is 20.0. The number of hydrogen-bond acceptors (Lipinski definition) is 5. The maximum absolute atomic E-state index is 12.6. The minimum Gasteiger partial charge on any atom is -0.373 e. The van der Waals surface area contributed by atoms with E-state index in [4.69, 9.17) is 10.5 Å². The highest BCUT2D eigenvalue weighted by Gasteiger charge is 2.28. The molecule has 2 heterocycles. The van der Waals surface area contributed by atoms with Gasteiger partial charge in [-0.15, -0.1) is 0 Å². The van der Waals surface area contributed by atoms with Crippen molar-refractivity contribution in [3.63, 3.8) is 0 Å². The molecule has 0 unspecified atom stereocenters. The summed E-state index contributed by atoms with van der Waals surface area (Å²) in [6, 6.07) is 13.2. The Morgan fingerprint density at radius 2 is 2.07 bits per heavy atom. The molecular formula is C21H26N4O3. The minimum absolute atomic E-state index is 0.0868. The van der Waals surface area contributed by atoms with Gasteiger partial charge in [0.25, 0.3) is 5.91 Å². The first-order chi connectivity index (χ1) is 13.6. The Morgan fingerprint density at radius 1 is 1.29 bits per heavy atom. The van der Waals surface area contributed by atoms with E-state index >= 15 is 0 Å². The maximum atomic E-state index is 12.6. The van der Waals surface area contributed by atoms with Gasteiger partial charge < -0.3 is 15.8 Å². The molecule has 2 aromatic rings. The number of pyridine rings is 1. The lowest BCUT2D eigenvalue weighted by Crippen LogP contribution is -2.53. The Hall–Kier alpha value is -2.77. The molecule has 1 aromatic heterocycles. The summed E-state index contributed by atoms with van der Waals surface area (Å²) in [5, 5.41) is 3.02. The Morgan fingerprint density at radius 3 is 2.71 bits per heavy atom. The molecule has 0 bridgehead atoms. The predicted octanol–water partition coefficient (Wildman–Crippen LogP) is 1.59. The number of benzene rings is 1. The summed E-state index contributed by atoms with van der Waals surface area (Å²) in [6.07, 6.45) is 1.97. The molecule has 0 radical (unpaired) electrons. The van der Waals surface area contributed by atoms with Gasteiger partial charge >= 0.3 is 0 Å². The Kier molecular flexibility index (Phi) is 6.73. The number of primary amides is 1. The van der Waals surface area contributed by atoms with E-state index in [1.807, 2.05) is 25.1 Å². The number of hydrogen-bond donors (Lipinski definition) is 2. The monoisotopic (exact) mass is 382 g/mol. The van der Waals surface area contributed by atoms with E-state index in [0.29, 0.717) is 6.61 Å². The van der Waals surface area contributed by atoms with Crippen molar-refractivity contribution in [3.05, 3.63) is 65.5 Å². The third-order valence-electron chi connectivity index (χ3n) is 4.91. The molecule has 7 nitrogen and oxygen atoms in total. The van der Waals surface area contributed by atoms with Crippen LogP contribution in [-0.4, -0.2) is 53.5 Å². The zero-order valence-corrected chi connectivity index (χ0v) is 16.0. The van der Waals surface area contributed by atoms with Crippen LogP contribution in [0, 0.1) is 0 Å². The molecule has 0 aliphatic carbocycles. The number of amides is 2. The van der Waals surface area contributed by atoms with Gasteiger partial charge in [0.15, 0.2) is 0 Å². The molecule has 1 saturated heterocycles. The molecule has 0 saturated carbocycles. The second-order valence-electron chi connectivity index (χ2n) is 6.91. The number of carbonyl (C=O) groups excluding carboxylic acids is 2. The molecule has 1 aliphatic heterocycles. The van der Waals surface area contributed by atoms with Gasteiger partial charge in [-0.05, 0) is 24.1 Å². The van der Waals surface area contributed by atoms with Gasteiger partial charge in [-0.2, -0.15) is 0 Å². The summed E-state index contributed by atoms with van der Waals surface area (Å²) in [7, 11) is 0. The number of morpholine rings is 1. The van der Waals surface area contributed by atoms with E-state index in [0.717, 1.165) is 26.1 Å². The number of nitrogens with two attached hydrogens (primary N) is 1. The highest BCUT2D eigenvalue weighted by molar-refractivity contribution is 5.95. The first-order valence-electron chi connectivity index (χ1n) is 9.51. The van der Waals surface area contributed by atoms with Gasteiger partial charge in [0.2, 0.25) is 5.91 Å². The van der Waals surface area contributed by atoms with Crippen LogP contribution in [0.5, 0.6) is 0 Å². The molecule has 7 heteroatoms. The van der Waals surface area contributed by atoms with Crippen molar-refractivity contribution in [1.29, 1.82) is 0 Å². The topological polar surface area (TPSA) is 97.5 Å². The van der Waals surface area contributed by atoms with Gasteiger partial charge in [0.05, 0.1) is 24.3 Å². The van der Waals surface area contributed by atoms with Gasteiger partial charge in [0.1, 0.15) is 5.69 Å². The summed E-state index contributed by atoms with van der Waals surface area (Å²) in [5.74, 6) is -0.855. The normalized spacial score (nSPS) is 18.4. The average molecular weight is 382 g/mol. The lowest BCUT2D eigenvalue weighted by Gasteiger charge is -2.37. The minimum atomic E-state index is -0.569. The van der Waals surface area contributed by atoms with Gasteiger partial charge in [-0.1, -0.05) is 37.3 Å². The second kappa shape index (κ2) is 9.43. The number of carbonyl (C=O) groups is 2. The standard InChI is InChI=1S/C21H26N4O3/c1-2-17(24-21(27)18-9-8-16(12-23-18)20(22)26)19-14-25(10-11-28-19)13-15-6-4-3-5-7-15/h3-9,12,17,19H,2,10-11,13-14H2,1H3,(H2,22,26)(H,24,27)/t17-,19+/m1/s1. The van der Waals surface area contributed by atoms with E-state index in [1.54, 1.807) is 0 Å². The van der Waals surface area contributed by atoms with Crippen LogP contribution < -0.4 is 11.1 Å². The van der Waals surface area contributed by atoms with Crippen LogP contribution >= 0.6 is 0 Å². The summed E-state index contributed by atoms with van der Waals surface area (Å²) in [4.78, 5) is 30.1. The lowest BCUT2D eigenvalue weighted by atomic mass is 10.1. The summed E-state index contributed by atoms with van der Waals surface area (Å²) < 4.78 is 5.95. The van der Waals surface area contributed by atoms with Gasteiger partial charge in [-0.25, -0.2) is 0 Å². The largest absolute Gasteiger partial charge is 0.373 e. The molecular weight excluding hydrogens is 356 g/mol. The van der Waals surface area contributed by atoms with Crippen LogP contribution in [0.4, 0.5) is 0 Å². The highest BCUT2D eigenvalue weighted by atomic mass is 16.5. The van der Waals surface area contributed by atoms with Crippen molar-refractivity contribution in [3.8, 4) is 0 Å². The molecule has 2 amide bonds. The van der Waals surface area contributed by atoms with Crippen LogP contribution in [0.15, 0.2) is 48.7 Å². The number of nitrogens with zero attached hydrogens (tertiary/aromatic N) is 2. The fourth-order valence-corrected chi connectivity index (χ4v) is 3.33. The fraction of sp³-hybridized carbons (Fsp3) is 0.381. The predicted molar refractivity (Wildman–Crippen MR) is 106 cm³/mol. The Bertz CT molecular complexity index is 795. The van der Waals surface area contributed by atoms with Crippen LogP contribution in [0.2, 0.25) is 0 Å². The Labute approximate surface area is 164 Å². The van der Waals surface area contributed by atoms with Crippen molar-refractivity contribution < 1.29 is 14.3 Å². The van der Waals surface area contributed by atoms with E-state index in [1.165, 1.54) is 23.9 Å². The SMILES string of the molecule is CC[C@@H](NC(=O)c1ccc(C(N)=O)cn1)[C@@H]1CN(Cc2ccccc2)CCO1. The average Bonchev–Trinajstić information content (AvgIpc) is 2.73. The lowest BCUT2D eigenvalue weighted by molar-refractivity contribution is -0.0483. The van der Waals surface area contributed by atoms with Crippen LogP contribution in [-0.2, 0) is 11.3 Å². The molecule has 1 fully saturated rings. The molecule has 1 aromatic carbocycles. The Balaban J connectivity index is 1.60. The van der Waals surface area contributed by atoms with Crippen molar-refractivity contribution in [2.45, 2.75) is 32.0 Å². The second-order valence-corrected chi connectivity index (χ2v) is 6.91. The molecule has 3 rings (SSSR count). The molecule has 148 valence electrons. The van der Waals surface area contributed by atoms with Gasteiger partial charge in [0, 0.05) is 25.8 Å². The maximum Gasteiger partial charge on any atom is 0.270 e. The number of ether oxygens (including phenoxy) is 1. The zero-order chi connectivity index (χ0) is 19.9. The number of rotatable bonds is 7. The van der Waals surface area contributed by atoms with Crippen molar-refractivity contribution >= 4 is 11.8 Å². The third-order valence-corrected chi connectivity index (χ3v) is 4.91. The number of aromatic nitrogens is 1. The number of nitrogens with one attached hydrogen (secondary N) is 1. The molecule has 0 spiro atoms. The molecule has 2 atom stereocenters. The van der Waals surface area contributed by atoms with E-state index in [9.17, 15) is 9.59 Å². The summed E-state index contributed by atoms with van der Waals surface area (Å²) in [6.45, 7) is 5.14. The fourth-order valence-electron chi connectivity index (χ4n) is 3.33. The van der Waals surface area contributed by atoms with E-state index < -0.39 is 5.91 Å². The van der Waals surface area contributed by atoms with Crippen LogP contribution in [0.1, 0.15) is 39.8 Å². The summed E-state index contributed by atoms with van der Waals surface area (Å²) >= 11 is 0. The van der Waals surface area contributed by atoms with Crippen LogP contribution in [0.3, 0.4) is 0 Å². The smallest absolute Gasteiger partial charge is 0.270 e. The summed E-state index contributed by atoms with van der Waals surface area (Å²) in [5.41, 5.74) is 6.99. The zero-order valence-electron chi connectivity index (χ0n) is 16.0. The molecule has 1 aliphatic rings. The molecule has 3 N–H and O–H groups in total. The van der Waals surface area contributed by atoms with Crippen LogP contribution in [0.25, 0.3) is 0 Å². The quantitative estimate of drug-likeness (QED) is 0.758. The first-order valence-corrected chi connectivity index (χ1v) is 9.51. The van der Waals surface area contributed by atoms with E-state index in [-0.39, 0.29) is 29.3 Å². The highest BCUT2D eigenvalue weighted by Crippen LogP contribution is 2.15.